The Morgan fingerprint density at radius 1 is 0.949 bits per heavy atom. The molecular formula is C31H28ClN3O3S. The number of aromatic nitrogens is 1. The fourth-order valence-electron chi connectivity index (χ4n) is 4.60. The molecule has 0 aliphatic heterocycles. The van der Waals surface area contributed by atoms with Crippen LogP contribution in [0, 0.1) is 0 Å². The number of carboxylic acids is 1. The molecule has 4 aromatic carbocycles. The van der Waals surface area contributed by atoms with E-state index in [9.17, 15) is 14.7 Å². The van der Waals surface area contributed by atoms with Crippen molar-refractivity contribution in [3.63, 3.8) is 0 Å². The molecule has 6 nitrogen and oxygen atoms in total. The number of benzene rings is 4. The van der Waals surface area contributed by atoms with E-state index in [0.717, 1.165) is 27.1 Å². The van der Waals surface area contributed by atoms with Gasteiger partial charge in [0.15, 0.2) is 0 Å². The number of aromatic carboxylic acids is 1. The highest BCUT2D eigenvalue weighted by Crippen LogP contribution is 2.37. The second-order valence-corrected chi connectivity index (χ2v) is 10.7. The molecule has 0 bridgehead atoms. The first-order chi connectivity index (χ1) is 18.9. The fourth-order valence-corrected chi connectivity index (χ4v) is 5.97. The van der Waals surface area contributed by atoms with Crippen molar-refractivity contribution in [2.45, 2.75) is 30.0 Å². The van der Waals surface area contributed by atoms with Crippen molar-refractivity contribution < 1.29 is 14.7 Å². The number of nitrogens with zero attached hydrogens (tertiary/aromatic N) is 1. The standard InChI is InChI=1S/C31H28ClN3O3S/c32-30-26-17-24(34-29(36)6-3-15-33)12-14-27(26)35(18-20-7-9-22(10-8-20)31(37)38)28(30)19-39-25-13-11-21-4-1-2-5-23(21)16-25/h1-2,4-5,7-14,16-17H,3,6,15,18-19,33H2,(H,34,36)(H,37,38). The van der Waals surface area contributed by atoms with Gasteiger partial charge in [-0.2, -0.15) is 0 Å². The summed E-state index contributed by atoms with van der Waals surface area (Å²) in [6.45, 7) is 0.992. The van der Waals surface area contributed by atoms with Gasteiger partial charge in [-0.3, -0.25) is 4.79 Å². The van der Waals surface area contributed by atoms with E-state index in [4.69, 9.17) is 17.3 Å². The zero-order valence-corrected chi connectivity index (χ0v) is 22.8. The van der Waals surface area contributed by atoms with Gasteiger partial charge < -0.3 is 20.7 Å². The average molecular weight is 558 g/mol. The Balaban J connectivity index is 1.49. The molecule has 0 saturated heterocycles. The van der Waals surface area contributed by atoms with Crippen LogP contribution in [-0.2, 0) is 17.1 Å². The minimum Gasteiger partial charge on any atom is -0.478 e. The molecule has 0 saturated carbocycles. The van der Waals surface area contributed by atoms with E-state index in [0.29, 0.717) is 42.4 Å². The molecule has 0 radical (unpaired) electrons. The van der Waals surface area contributed by atoms with Gasteiger partial charge in [0.25, 0.3) is 0 Å². The number of carboxylic acid groups (broad SMARTS) is 1. The molecule has 0 unspecified atom stereocenters. The van der Waals surface area contributed by atoms with Crippen molar-refractivity contribution in [2.24, 2.45) is 5.73 Å². The van der Waals surface area contributed by atoms with Crippen molar-refractivity contribution in [3.05, 3.63) is 107 Å². The molecule has 0 aliphatic carbocycles. The van der Waals surface area contributed by atoms with E-state index < -0.39 is 5.97 Å². The first kappa shape index (κ1) is 26.8. The van der Waals surface area contributed by atoms with Gasteiger partial charge in [-0.25, -0.2) is 4.79 Å². The van der Waals surface area contributed by atoms with Crippen molar-refractivity contribution in [2.75, 3.05) is 11.9 Å². The Hall–Kier alpha value is -3.78. The zero-order valence-electron chi connectivity index (χ0n) is 21.2. The number of rotatable bonds is 10. The molecule has 39 heavy (non-hydrogen) atoms. The van der Waals surface area contributed by atoms with E-state index in [1.807, 2.05) is 42.5 Å². The van der Waals surface area contributed by atoms with Gasteiger partial charge in [0.05, 0.1) is 16.1 Å². The Kier molecular flexibility index (Phi) is 8.21. The number of fused-ring (bicyclic) bond motifs is 2. The quantitative estimate of drug-likeness (QED) is 0.158. The van der Waals surface area contributed by atoms with E-state index in [1.165, 1.54) is 10.8 Å². The SMILES string of the molecule is NCCCC(=O)Nc1ccc2c(c1)c(Cl)c(CSc1ccc3ccccc3c1)n2Cc1ccc(C(=O)O)cc1. The van der Waals surface area contributed by atoms with Crippen LogP contribution >= 0.6 is 23.4 Å². The smallest absolute Gasteiger partial charge is 0.335 e. The van der Waals surface area contributed by atoms with Crippen LogP contribution in [0.3, 0.4) is 0 Å². The summed E-state index contributed by atoms with van der Waals surface area (Å²) in [5.74, 6) is -0.400. The number of anilines is 1. The van der Waals surface area contributed by atoms with Crippen LogP contribution < -0.4 is 11.1 Å². The Labute approximate surface area is 235 Å². The van der Waals surface area contributed by atoms with Crippen molar-refractivity contribution in [3.8, 4) is 0 Å². The predicted molar refractivity (Wildman–Crippen MR) is 160 cm³/mol. The number of nitrogens with one attached hydrogen (secondary N) is 1. The minimum absolute atomic E-state index is 0.0824. The third kappa shape index (κ3) is 6.11. The second-order valence-electron chi connectivity index (χ2n) is 9.32. The van der Waals surface area contributed by atoms with Gasteiger partial charge in [0.2, 0.25) is 5.91 Å². The van der Waals surface area contributed by atoms with Gasteiger partial charge in [0.1, 0.15) is 0 Å². The Morgan fingerprint density at radius 2 is 1.72 bits per heavy atom. The van der Waals surface area contributed by atoms with Crippen LogP contribution in [0.25, 0.3) is 21.7 Å². The van der Waals surface area contributed by atoms with Crippen molar-refractivity contribution in [1.82, 2.24) is 4.57 Å². The van der Waals surface area contributed by atoms with Crippen molar-refractivity contribution >= 4 is 62.6 Å². The number of carbonyl (C=O) groups excluding carboxylic acids is 1. The molecule has 4 N–H and O–H groups in total. The van der Waals surface area contributed by atoms with Gasteiger partial charge in [-0.1, -0.05) is 54.1 Å². The number of hydrogen-bond acceptors (Lipinski definition) is 4. The van der Waals surface area contributed by atoms with Gasteiger partial charge >= 0.3 is 5.97 Å². The Morgan fingerprint density at radius 3 is 2.46 bits per heavy atom. The number of amides is 1. The molecule has 0 spiro atoms. The highest BCUT2D eigenvalue weighted by Gasteiger charge is 2.18. The lowest BCUT2D eigenvalue weighted by Crippen LogP contribution is -2.13. The summed E-state index contributed by atoms with van der Waals surface area (Å²) < 4.78 is 2.17. The third-order valence-corrected chi connectivity index (χ3v) is 8.06. The molecule has 1 amide bonds. The molecule has 8 heteroatoms. The first-order valence-electron chi connectivity index (χ1n) is 12.7. The predicted octanol–water partition coefficient (Wildman–Crippen LogP) is 7.16. The van der Waals surface area contributed by atoms with E-state index in [1.54, 1.807) is 23.9 Å². The highest BCUT2D eigenvalue weighted by molar-refractivity contribution is 7.98. The summed E-state index contributed by atoms with van der Waals surface area (Å²) in [5, 5.41) is 16.1. The molecule has 0 aliphatic rings. The number of thioether (sulfide) groups is 1. The molecule has 1 aromatic heterocycles. The number of hydrogen-bond donors (Lipinski definition) is 3. The monoisotopic (exact) mass is 557 g/mol. The van der Waals surface area contributed by atoms with E-state index in [2.05, 4.69) is 40.2 Å². The summed E-state index contributed by atoms with van der Waals surface area (Å²) in [6.07, 6.45) is 0.991. The van der Waals surface area contributed by atoms with Crippen molar-refractivity contribution in [1.29, 1.82) is 0 Å². The molecule has 5 aromatic rings. The van der Waals surface area contributed by atoms with Crippen LogP contribution in [0.15, 0.2) is 89.8 Å². The maximum atomic E-state index is 12.3. The normalized spacial score (nSPS) is 11.2. The second kappa shape index (κ2) is 11.9. The maximum absolute atomic E-state index is 12.3. The van der Waals surface area contributed by atoms with Crippen LogP contribution in [0.5, 0.6) is 0 Å². The summed E-state index contributed by atoms with van der Waals surface area (Å²) in [5.41, 5.74) is 9.33. The van der Waals surface area contributed by atoms with Gasteiger partial charge in [-0.15, -0.1) is 11.8 Å². The average Bonchev–Trinajstić information content (AvgIpc) is 3.20. The number of halogens is 1. The maximum Gasteiger partial charge on any atom is 0.335 e. The third-order valence-electron chi connectivity index (χ3n) is 6.63. The van der Waals surface area contributed by atoms with Crippen LogP contribution in [-0.4, -0.2) is 28.1 Å². The van der Waals surface area contributed by atoms with Crippen LogP contribution in [0.4, 0.5) is 5.69 Å². The molecule has 5 rings (SSSR count). The Bertz CT molecular complexity index is 1660. The summed E-state index contributed by atoms with van der Waals surface area (Å²) in [6, 6.07) is 27.3. The minimum atomic E-state index is -0.954. The lowest BCUT2D eigenvalue weighted by atomic mass is 10.1. The largest absolute Gasteiger partial charge is 0.478 e. The summed E-state index contributed by atoms with van der Waals surface area (Å²) in [4.78, 5) is 24.7. The van der Waals surface area contributed by atoms with E-state index in [-0.39, 0.29) is 11.5 Å². The molecule has 198 valence electrons. The lowest BCUT2D eigenvalue weighted by Gasteiger charge is -2.12. The fraction of sp³-hybridized carbons (Fsp3) is 0.161. The highest BCUT2D eigenvalue weighted by atomic mass is 35.5. The summed E-state index contributed by atoms with van der Waals surface area (Å²) >= 11 is 8.72. The zero-order chi connectivity index (χ0) is 27.4. The van der Waals surface area contributed by atoms with Crippen LogP contribution in [0.1, 0.15) is 34.5 Å². The summed E-state index contributed by atoms with van der Waals surface area (Å²) in [7, 11) is 0. The number of nitrogens with two attached hydrogens (primary N) is 1. The topological polar surface area (TPSA) is 97.4 Å². The number of carbonyl (C=O) groups is 2. The van der Waals surface area contributed by atoms with Crippen LogP contribution in [0.2, 0.25) is 5.02 Å². The van der Waals surface area contributed by atoms with Gasteiger partial charge in [0, 0.05) is 40.4 Å². The lowest BCUT2D eigenvalue weighted by molar-refractivity contribution is -0.116. The molecule has 1 heterocycles. The molecular weight excluding hydrogens is 530 g/mol. The first-order valence-corrected chi connectivity index (χ1v) is 14.0. The van der Waals surface area contributed by atoms with E-state index >= 15 is 0 Å². The van der Waals surface area contributed by atoms with Gasteiger partial charge in [-0.05, 0) is 71.8 Å². The molecule has 0 fully saturated rings. The molecule has 0 atom stereocenters.